The first-order chi connectivity index (χ1) is 13.5. The number of rotatable bonds is 4. The molecule has 3 aromatic rings. The quantitative estimate of drug-likeness (QED) is 0.494. The van der Waals surface area contributed by atoms with E-state index >= 15 is 0 Å². The highest BCUT2D eigenvalue weighted by Crippen LogP contribution is 2.34. The normalized spacial score (nSPS) is 15.2. The number of furan rings is 1. The zero-order valence-electron chi connectivity index (χ0n) is 14.4. The number of nitrogens with one attached hydrogen (secondary N) is 1. The average molecular weight is 412 g/mol. The molecular formula is C19H12N2O5S2. The fourth-order valence-corrected chi connectivity index (χ4v) is 3.87. The van der Waals surface area contributed by atoms with Crippen molar-refractivity contribution in [2.24, 2.45) is 0 Å². The smallest absolute Gasteiger partial charge is 0.339 e. The summed E-state index contributed by atoms with van der Waals surface area (Å²) in [6.45, 7) is 0. The first-order valence-corrected chi connectivity index (χ1v) is 9.23. The lowest BCUT2D eigenvalue weighted by molar-refractivity contribution is -0.115. The molecule has 0 aliphatic carbocycles. The number of aromatic carboxylic acids is 1. The van der Waals surface area contributed by atoms with Crippen LogP contribution in [0.2, 0.25) is 0 Å². The van der Waals surface area contributed by atoms with Gasteiger partial charge in [0.15, 0.2) is 0 Å². The van der Waals surface area contributed by atoms with Crippen LogP contribution in [0.5, 0.6) is 5.75 Å². The maximum atomic E-state index is 11.8. The third kappa shape index (κ3) is 3.25. The van der Waals surface area contributed by atoms with Crippen LogP contribution >= 0.6 is 24.0 Å². The molecule has 1 aliphatic rings. The molecule has 1 saturated heterocycles. The molecule has 9 heteroatoms. The average Bonchev–Trinajstić information content (AvgIpc) is 3.22. The minimum atomic E-state index is -1.07. The number of carbonyl (C=O) groups excluding carboxylic acids is 1. The number of aromatic nitrogens is 1. The Morgan fingerprint density at radius 2 is 2.18 bits per heavy atom. The third-order valence-corrected chi connectivity index (χ3v) is 5.26. The summed E-state index contributed by atoms with van der Waals surface area (Å²) in [4.78, 5) is 27.8. The Bertz CT molecular complexity index is 1180. The first-order valence-electron chi connectivity index (χ1n) is 8.00. The van der Waals surface area contributed by atoms with E-state index in [4.69, 9.17) is 21.4 Å². The number of thioether (sulfide) groups is 1. The van der Waals surface area contributed by atoms with Crippen LogP contribution in [0.25, 0.3) is 28.2 Å². The van der Waals surface area contributed by atoms with E-state index in [1.165, 1.54) is 24.9 Å². The zero-order valence-corrected chi connectivity index (χ0v) is 16.0. The Morgan fingerprint density at radius 3 is 2.86 bits per heavy atom. The molecular weight excluding hydrogens is 400 g/mol. The molecule has 1 aromatic carbocycles. The van der Waals surface area contributed by atoms with Crippen molar-refractivity contribution in [3.05, 3.63) is 52.9 Å². The molecule has 0 spiro atoms. The molecule has 1 amide bonds. The predicted molar refractivity (Wildman–Crippen MR) is 109 cm³/mol. The van der Waals surface area contributed by atoms with Crippen LogP contribution in [-0.2, 0) is 4.79 Å². The van der Waals surface area contributed by atoms with Gasteiger partial charge >= 0.3 is 5.97 Å². The molecule has 2 aromatic heterocycles. The van der Waals surface area contributed by atoms with Crippen LogP contribution in [0.4, 0.5) is 0 Å². The van der Waals surface area contributed by atoms with Crippen molar-refractivity contribution in [3.8, 4) is 16.9 Å². The number of ether oxygens (including phenoxy) is 1. The van der Waals surface area contributed by atoms with Crippen molar-refractivity contribution in [1.82, 2.24) is 10.3 Å². The van der Waals surface area contributed by atoms with Gasteiger partial charge in [-0.2, -0.15) is 0 Å². The van der Waals surface area contributed by atoms with Crippen LogP contribution in [0.15, 0.2) is 46.0 Å². The number of hydrogen-bond acceptors (Lipinski definition) is 7. The highest BCUT2D eigenvalue weighted by Gasteiger charge is 2.23. The summed E-state index contributed by atoms with van der Waals surface area (Å²) in [5, 5.41) is 12.6. The van der Waals surface area contributed by atoms with Crippen LogP contribution in [0, 0.1) is 0 Å². The summed E-state index contributed by atoms with van der Waals surface area (Å²) in [7, 11) is 1.41. The van der Waals surface area contributed by atoms with E-state index < -0.39 is 5.97 Å². The molecule has 2 N–H and O–H groups in total. The lowest BCUT2D eigenvalue weighted by Crippen LogP contribution is -2.17. The fraction of sp³-hybridized carbons (Fsp3) is 0.0526. The van der Waals surface area contributed by atoms with Gasteiger partial charge in [-0.15, -0.1) is 0 Å². The predicted octanol–water partition coefficient (Wildman–Crippen LogP) is 3.69. The van der Waals surface area contributed by atoms with Gasteiger partial charge < -0.3 is 19.6 Å². The van der Waals surface area contributed by atoms with Gasteiger partial charge in [-0.3, -0.25) is 9.78 Å². The van der Waals surface area contributed by atoms with E-state index in [9.17, 15) is 14.7 Å². The number of methoxy groups -OCH3 is 1. The van der Waals surface area contributed by atoms with E-state index in [1.54, 1.807) is 36.7 Å². The fourth-order valence-electron chi connectivity index (χ4n) is 2.84. The molecule has 7 nitrogen and oxygen atoms in total. The van der Waals surface area contributed by atoms with Crippen molar-refractivity contribution in [2.75, 3.05) is 7.11 Å². The van der Waals surface area contributed by atoms with Gasteiger partial charge in [-0.05, 0) is 23.8 Å². The van der Waals surface area contributed by atoms with Gasteiger partial charge in [0, 0.05) is 29.4 Å². The van der Waals surface area contributed by atoms with E-state index in [2.05, 4.69) is 10.3 Å². The Balaban J connectivity index is 1.80. The van der Waals surface area contributed by atoms with Crippen molar-refractivity contribution in [3.63, 3.8) is 0 Å². The van der Waals surface area contributed by atoms with Crippen molar-refractivity contribution < 1.29 is 23.8 Å². The molecule has 1 fully saturated rings. The van der Waals surface area contributed by atoms with E-state index in [0.717, 1.165) is 5.39 Å². The number of amides is 1. The van der Waals surface area contributed by atoms with Gasteiger partial charge in [-0.1, -0.05) is 30.0 Å². The molecule has 140 valence electrons. The second kappa shape index (κ2) is 7.10. The first kappa shape index (κ1) is 18.2. The second-order valence-corrected chi connectivity index (χ2v) is 7.55. The van der Waals surface area contributed by atoms with Gasteiger partial charge in [-0.25, -0.2) is 4.79 Å². The number of carboxylic acid groups (broad SMARTS) is 1. The van der Waals surface area contributed by atoms with Crippen LogP contribution < -0.4 is 10.1 Å². The maximum Gasteiger partial charge on any atom is 0.339 e. The van der Waals surface area contributed by atoms with Crippen LogP contribution in [0.1, 0.15) is 16.1 Å². The maximum absolute atomic E-state index is 11.8. The van der Waals surface area contributed by atoms with Crippen molar-refractivity contribution >= 4 is 57.2 Å². The van der Waals surface area contributed by atoms with Crippen LogP contribution in [-0.4, -0.2) is 33.4 Å². The van der Waals surface area contributed by atoms with E-state index in [-0.39, 0.29) is 17.2 Å². The van der Waals surface area contributed by atoms with E-state index in [0.29, 0.717) is 31.7 Å². The zero-order chi connectivity index (χ0) is 19.8. The number of carboxylic acids is 1. The highest BCUT2D eigenvalue weighted by molar-refractivity contribution is 8.26. The summed E-state index contributed by atoms with van der Waals surface area (Å²) >= 11 is 6.16. The number of nitrogens with zero attached hydrogens (tertiary/aromatic N) is 1. The summed E-state index contributed by atoms with van der Waals surface area (Å²) in [6, 6.07) is 6.54. The standard InChI is InChI=1S/C19H12N2O5S2/c1-25-14-5-9(2-3-12(14)18(23)24)13-8-20-7-10-4-11(26-16(10)13)6-15-17(22)21-19(27)28-15/h2-8H,1H3,(H,23,24)(H,21,22,27). The van der Waals surface area contributed by atoms with Crippen LogP contribution in [0.3, 0.4) is 0 Å². The summed E-state index contributed by atoms with van der Waals surface area (Å²) in [5.41, 5.74) is 2.01. The number of benzene rings is 1. The summed E-state index contributed by atoms with van der Waals surface area (Å²) in [5.74, 6) is -0.608. The minimum Gasteiger partial charge on any atom is -0.496 e. The molecule has 0 atom stereocenters. The number of fused-ring (bicyclic) bond motifs is 1. The van der Waals surface area contributed by atoms with Gasteiger partial charge in [0.25, 0.3) is 5.91 Å². The molecule has 0 saturated carbocycles. The highest BCUT2D eigenvalue weighted by atomic mass is 32.2. The largest absolute Gasteiger partial charge is 0.496 e. The van der Waals surface area contributed by atoms with Gasteiger partial charge in [0.05, 0.1) is 12.0 Å². The summed E-state index contributed by atoms with van der Waals surface area (Å²) < 4.78 is 11.5. The molecule has 3 heterocycles. The molecule has 1 aliphatic heterocycles. The number of hydrogen-bond donors (Lipinski definition) is 2. The number of carbonyl (C=O) groups is 2. The monoisotopic (exact) mass is 412 g/mol. The topological polar surface area (TPSA) is 102 Å². The molecule has 0 radical (unpaired) electrons. The Hall–Kier alpha value is -3.17. The van der Waals surface area contributed by atoms with Gasteiger partial charge in [0.1, 0.15) is 27.0 Å². The molecule has 28 heavy (non-hydrogen) atoms. The second-order valence-electron chi connectivity index (χ2n) is 5.83. The van der Waals surface area contributed by atoms with E-state index in [1.807, 2.05) is 0 Å². The Morgan fingerprint density at radius 1 is 1.36 bits per heavy atom. The van der Waals surface area contributed by atoms with Gasteiger partial charge in [0.2, 0.25) is 0 Å². The number of thiocarbonyl (C=S) groups is 1. The molecule has 0 unspecified atom stereocenters. The third-order valence-electron chi connectivity index (χ3n) is 4.10. The van der Waals surface area contributed by atoms with Crippen molar-refractivity contribution in [1.29, 1.82) is 0 Å². The number of pyridine rings is 1. The SMILES string of the molecule is COc1cc(-c2cncc3cc(C=C4SC(=S)NC4=O)oc23)ccc1C(=O)O. The lowest BCUT2D eigenvalue weighted by Gasteiger charge is -2.08. The lowest BCUT2D eigenvalue weighted by atomic mass is 10.0. The molecule has 0 bridgehead atoms. The minimum absolute atomic E-state index is 0.0662. The Kier molecular flexibility index (Phi) is 4.62. The van der Waals surface area contributed by atoms with Crippen molar-refractivity contribution in [2.45, 2.75) is 0 Å². The summed E-state index contributed by atoms with van der Waals surface area (Å²) in [6.07, 6.45) is 4.90. The molecule has 4 rings (SSSR count). The Labute approximate surface area is 168 Å².